The Bertz CT molecular complexity index is 560. The quantitative estimate of drug-likeness (QED) is 0.449. The van der Waals surface area contributed by atoms with Gasteiger partial charge in [-0.1, -0.05) is 0 Å². The minimum Gasteiger partial charge on any atom is -0.364 e. The van der Waals surface area contributed by atoms with E-state index in [1.807, 2.05) is 0 Å². The van der Waals surface area contributed by atoms with Gasteiger partial charge in [-0.2, -0.15) is 0 Å². The predicted molar refractivity (Wildman–Crippen MR) is 69.3 cm³/mol. The first kappa shape index (κ1) is 15.0. The summed E-state index contributed by atoms with van der Waals surface area (Å²) in [5.74, 6) is -0.342. The van der Waals surface area contributed by atoms with Crippen molar-refractivity contribution >= 4 is 27.3 Å². The fourth-order valence-corrected chi connectivity index (χ4v) is 1.68. The number of nitro groups is 1. The number of hydrogen-bond donors (Lipinski definition) is 3. The van der Waals surface area contributed by atoms with E-state index >= 15 is 0 Å². The maximum atomic E-state index is 11.0. The van der Waals surface area contributed by atoms with Gasteiger partial charge in [0.2, 0.25) is 21.7 Å². The molecular weight excluding hydrogens is 276 g/mol. The lowest BCUT2D eigenvalue weighted by Gasteiger charge is -2.08. The number of sulfonamides is 1. The molecule has 1 rings (SSSR count). The number of anilines is 2. The third-order valence-corrected chi connectivity index (χ3v) is 2.80. The van der Waals surface area contributed by atoms with E-state index < -0.39 is 14.9 Å². The van der Waals surface area contributed by atoms with E-state index in [1.54, 1.807) is 6.92 Å². The number of aromatic nitrogens is 2. The van der Waals surface area contributed by atoms with Crippen LogP contribution in [0.15, 0.2) is 6.33 Å². The Kier molecular flexibility index (Phi) is 4.94. The average molecular weight is 290 g/mol. The van der Waals surface area contributed by atoms with Gasteiger partial charge in [0, 0.05) is 13.1 Å². The number of nitrogens with two attached hydrogens (primary N) is 1. The molecule has 0 spiro atoms. The first-order valence-corrected chi connectivity index (χ1v) is 7.04. The van der Waals surface area contributed by atoms with E-state index in [-0.39, 0.29) is 29.6 Å². The number of primary sulfonamides is 1. The first-order chi connectivity index (χ1) is 8.85. The molecule has 4 N–H and O–H groups in total. The Morgan fingerprint density at radius 3 is 2.42 bits per heavy atom. The lowest BCUT2D eigenvalue weighted by atomic mass is 10.4. The molecule has 0 amide bonds. The number of nitrogens with zero attached hydrogens (tertiary/aromatic N) is 3. The van der Waals surface area contributed by atoms with Crippen molar-refractivity contribution in [1.82, 2.24) is 9.97 Å². The Morgan fingerprint density at radius 2 is 1.95 bits per heavy atom. The van der Waals surface area contributed by atoms with Crippen LogP contribution in [0.4, 0.5) is 17.3 Å². The van der Waals surface area contributed by atoms with Gasteiger partial charge in [-0.3, -0.25) is 10.1 Å². The van der Waals surface area contributed by atoms with Crippen molar-refractivity contribution in [2.45, 2.75) is 6.92 Å². The van der Waals surface area contributed by atoms with E-state index in [0.29, 0.717) is 6.54 Å². The van der Waals surface area contributed by atoms with Gasteiger partial charge in [0.1, 0.15) is 6.33 Å². The summed E-state index contributed by atoms with van der Waals surface area (Å²) >= 11 is 0. The van der Waals surface area contributed by atoms with Gasteiger partial charge in [0.15, 0.2) is 0 Å². The summed E-state index contributed by atoms with van der Waals surface area (Å²) in [5, 5.41) is 21.1. The lowest BCUT2D eigenvalue weighted by molar-refractivity contribution is -0.383. The number of nitrogens with one attached hydrogen (secondary N) is 2. The molecule has 1 aromatic heterocycles. The summed E-state index contributed by atoms with van der Waals surface area (Å²) in [6, 6.07) is 0. The molecule has 0 fully saturated rings. The van der Waals surface area contributed by atoms with Crippen molar-refractivity contribution in [2.24, 2.45) is 5.14 Å². The fourth-order valence-electron chi connectivity index (χ4n) is 1.29. The molecule has 11 heteroatoms. The average Bonchev–Trinajstić information content (AvgIpc) is 2.27. The Morgan fingerprint density at radius 1 is 1.37 bits per heavy atom. The van der Waals surface area contributed by atoms with E-state index in [4.69, 9.17) is 5.14 Å². The smallest absolute Gasteiger partial charge is 0.353 e. The highest BCUT2D eigenvalue weighted by molar-refractivity contribution is 7.89. The van der Waals surface area contributed by atoms with E-state index in [1.165, 1.54) is 0 Å². The molecule has 1 heterocycles. The fraction of sp³-hybridized carbons (Fsp3) is 0.500. The molecule has 0 saturated carbocycles. The zero-order valence-electron chi connectivity index (χ0n) is 10.2. The molecule has 0 bridgehead atoms. The SMILES string of the molecule is CCNc1ncnc(NCCS(N)(=O)=O)c1[N+](=O)[O-]. The van der Waals surface area contributed by atoms with Gasteiger partial charge in [0.25, 0.3) is 0 Å². The summed E-state index contributed by atoms with van der Waals surface area (Å²) < 4.78 is 21.5. The molecule has 0 aromatic carbocycles. The summed E-state index contributed by atoms with van der Waals surface area (Å²) in [7, 11) is -3.64. The summed E-state index contributed by atoms with van der Waals surface area (Å²) in [5.41, 5.74) is -0.334. The summed E-state index contributed by atoms with van der Waals surface area (Å²) in [4.78, 5) is 17.8. The van der Waals surface area contributed by atoms with Gasteiger partial charge >= 0.3 is 5.69 Å². The summed E-state index contributed by atoms with van der Waals surface area (Å²) in [6.45, 7) is 2.14. The largest absolute Gasteiger partial charge is 0.364 e. The van der Waals surface area contributed by atoms with Crippen LogP contribution in [0.1, 0.15) is 6.92 Å². The van der Waals surface area contributed by atoms with Crippen LogP contribution < -0.4 is 15.8 Å². The second-order valence-corrected chi connectivity index (χ2v) is 5.23. The van der Waals surface area contributed by atoms with Crippen LogP contribution in [-0.4, -0.2) is 42.2 Å². The van der Waals surface area contributed by atoms with Crippen LogP contribution >= 0.6 is 0 Å². The molecule has 0 aliphatic carbocycles. The molecule has 0 unspecified atom stereocenters. The summed E-state index contributed by atoms with van der Waals surface area (Å²) in [6.07, 6.45) is 1.14. The monoisotopic (exact) mass is 290 g/mol. The maximum absolute atomic E-state index is 11.0. The second-order valence-electron chi connectivity index (χ2n) is 3.50. The van der Waals surface area contributed by atoms with Crippen molar-refractivity contribution in [3.05, 3.63) is 16.4 Å². The van der Waals surface area contributed by atoms with Crippen molar-refractivity contribution in [3.8, 4) is 0 Å². The Labute approximate surface area is 109 Å². The normalized spacial score (nSPS) is 11.1. The van der Waals surface area contributed by atoms with Crippen molar-refractivity contribution in [3.63, 3.8) is 0 Å². The van der Waals surface area contributed by atoms with E-state index in [0.717, 1.165) is 6.33 Å². The molecular formula is C8H14N6O4S. The van der Waals surface area contributed by atoms with Crippen LogP contribution in [0.2, 0.25) is 0 Å². The standard InChI is InChI=1S/C8H14N6O4S/c1-2-10-7-6(14(15)16)8(13-5-12-7)11-3-4-19(9,17)18/h5H,2-4H2,1H3,(H2,9,17,18)(H2,10,11,12,13). The highest BCUT2D eigenvalue weighted by atomic mass is 32.2. The van der Waals surface area contributed by atoms with Crippen LogP contribution in [0.25, 0.3) is 0 Å². The number of rotatable bonds is 7. The molecule has 1 aromatic rings. The molecule has 0 atom stereocenters. The Balaban J connectivity index is 2.93. The first-order valence-electron chi connectivity index (χ1n) is 5.32. The van der Waals surface area contributed by atoms with Crippen molar-refractivity contribution in [1.29, 1.82) is 0 Å². The third kappa shape index (κ3) is 4.63. The topological polar surface area (TPSA) is 153 Å². The van der Waals surface area contributed by atoms with Crippen molar-refractivity contribution in [2.75, 3.05) is 29.5 Å². The van der Waals surface area contributed by atoms with Crippen LogP contribution in [-0.2, 0) is 10.0 Å². The highest BCUT2D eigenvalue weighted by Gasteiger charge is 2.22. The molecule has 0 aliphatic rings. The zero-order chi connectivity index (χ0) is 14.5. The van der Waals surface area contributed by atoms with Gasteiger partial charge in [-0.05, 0) is 6.92 Å². The van der Waals surface area contributed by atoms with Crippen LogP contribution in [0, 0.1) is 10.1 Å². The Hall–Kier alpha value is -2.01. The van der Waals surface area contributed by atoms with Gasteiger partial charge in [-0.25, -0.2) is 23.5 Å². The van der Waals surface area contributed by atoms with Crippen LogP contribution in [0.3, 0.4) is 0 Å². The minimum atomic E-state index is -3.64. The zero-order valence-corrected chi connectivity index (χ0v) is 11.0. The van der Waals surface area contributed by atoms with Gasteiger partial charge < -0.3 is 10.6 Å². The van der Waals surface area contributed by atoms with E-state index in [9.17, 15) is 18.5 Å². The second kappa shape index (κ2) is 6.24. The molecule has 0 radical (unpaired) electrons. The van der Waals surface area contributed by atoms with E-state index in [2.05, 4.69) is 20.6 Å². The van der Waals surface area contributed by atoms with Gasteiger partial charge in [0.05, 0.1) is 10.7 Å². The predicted octanol–water partition coefficient (Wildman–Crippen LogP) is -0.483. The molecule has 106 valence electrons. The molecule has 10 nitrogen and oxygen atoms in total. The third-order valence-electron chi connectivity index (χ3n) is 2.03. The lowest BCUT2D eigenvalue weighted by Crippen LogP contribution is -2.23. The van der Waals surface area contributed by atoms with Crippen LogP contribution in [0.5, 0.6) is 0 Å². The van der Waals surface area contributed by atoms with Crippen molar-refractivity contribution < 1.29 is 13.3 Å². The van der Waals surface area contributed by atoms with Gasteiger partial charge in [-0.15, -0.1) is 0 Å². The molecule has 0 aliphatic heterocycles. The number of hydrogen-bond acceptors (Lipinski definition) is 8. The molecule has 19 heavy (non-hydrogen) atoms. The highest BCUT2D eigenvalue weighted by Crippen LogP contribution is 2.28. The minimum absolute atomic E-state index is 0.0559. The molecule has 0 saturated heterocycles. The maximum Gasteiger partial charge on any atom is 0.353 e.